The van der Waals surface area contributed by atoms with Crippen LogP contribution >= 0.6 is 0 Å². The van der Waals surface area contributed by atoms with Gasteiger partial charge in [0, 0.05) is 6.54 Å². The molecule has 0 amide bonds. The van der Waals surface area contributed by atoms with Crippen LogP contribution in [0.3, 0.4) is 0 Å². The van der Waals surface area contributed by atoms with Crippen LogP contribution in [0.15, 0.2) is 46.9 Å². The first-order chi connectivity index (χ1) is 7.81. The molecule has 0 aliphatic heterocycles. The number of benzene rings is 1. The van der Waals surface area contributed by atoms with E-state index in [1.807, 2.05) is 0 Å². The predicted octanol–water partition coefficient (Wildman–Crippen LogP) is 3.06. The van der Waals surface area contributed by atoms with E-state index in [1.54, 1.807) is 42.5 Å². The lowest BCUT2D eigenvalue weighted by Crippen LogP contribution is -1.91. The van der Waals surface area contributed by atoms with Crippen LogP contribution in [-0.4, -0.2) is 6.54 Å². The van der Waals surface area contributed by atoms with Crippen molar-refractivity contribution in [3.05, 3.63) is 54.1 Å². The second-order valence-corrected chi connectivity index (χ2v) is 3.32. The number of hydrogen-bond donors (Lipinski definition) is 1. The first kappa shape index (κ1) is 10.6. The summed E-state index contributed by atoms with van der Waals surface area (Å²) in [5.41, 5.74) is 5.80. The number of rotatable bonds is 3. The van der Waals surface area contributed by atoms with Gasteiger partial charge < -0.3 is 10.2 Å². The Balaban J connectivity index is 2.32. The van der Waals surface area contributed by atoms with Crippen molar-refractivity contribution >= 4 is 6.08 Å². The molecule has 0 fully saturated rings. The van der Waals surface area contributed by atoms with Gasteiger partial charge in [-0.2, -0.15) is 0 Å². The maximum atomic E-state index is 13.4. The van der Waals surface area contributed by atoms with Crippen molar-refractivity contribution in [3.63, 3.8) is 0 Å². The summed E-state index contributed by atoms with van der Waals surface area (Å²) in [6.07, 6.45) is 3.55. The molecule has 2 rings (SSSR count). The predicted molar refractivity (Wildman–Crippen MR) is 62.2 cm³/mol. The highest BCUT2D eigenvalue weighted by Gasteiger charge is 2.07. The Kier molecular flexibility index (Phi) is 3.17. The summed E-state index contributed by atoms with van der Waals surface area (Å²) in [5.74, 6) is 0.907. The van der Waals surface area contributed by atoms with E-state index in [4.69, 9.17) is 10.2 Å². The van der Waals surface area contributed by atoms with Crippen molar-refractivity contribution in [2.45, 2.75) is 0 Å². The molecule has 2 aromatic rings. The van der Waals surface area contributed by atoms with Crippen LogP contribution in [0.1, 0.15) is 5.76 Å². The fraction of sp³-hybridized carbons (Fsp3) is 0.0769. The van der Waals surface area contributed by atoms with Gasteiger partial charge >= 0.3 is 0 Å². The molecule has 16 heavy (non-hydrogen) atoms. The van der Waals surface area contributed by atoms with Crippen LogP contribution in [0.4, 0.5) is 4.39 Å². The molecule has 0 atom stereocenters. The van der Waals surface area contributed by atoms with Gasteiger partial charge in [-0.15, -0.1) is 0 Å². The Morgan fingerprint density at radius 1 is 1.19 bits per heavy atom. The van der Waals surface area contributed by atoms with E-state index in [0.717, 1.165) is 0 Å². The normalized spacial score (nSPS) is 11.1. The topological polar surface area (TPSA) is 39.2 Å². The molecule has 0 saturated heterocycles. The van der Waals surface area contributed by atoms with E-state index >= 15 is 0 Å². The summed E-state index contributed by atoms with van der Waals surface area (Å²) < 4.78 is 18.9. The second kappa shape index (κ2) is 4.77. The first-order valence-corrected chi connectivity index (χ1v) is 5.02. The smallest absolute Gasteiger partial charge is 0.137 e. The quantitative estimate of drug-likeness (QED) is 0.858. The van der Waals surface area contributed by atoms with E-state index in [2.05, 4.69) is 0 Å². The molecule has 0 spiro atoms. The van der Waals surface area contributed by atoms with Gasteiger partial charge in [-0.3, -0.25) is 0 Å². The van der Waals surface area contributed by atoms with Gasteiger partial charge in [-0.25, -0.2) is 4.39 Å². The molecule has 3 heteroatoms. The standard InChI is InChI=1S/C13H12FNO/c14-12-6-2-1-5-11(12)13-8-7-10(16-13)4-3-9-15/h1-8H,9,15H2. The molecule has 1 aromatic carbocycles. The third-order valence-electron chi connectivity index (χ3n) is 2.18. The number of hydrogen-bond acceptors (Lipinski definition) is 2. The third-order valence-corrected chi connectivity index (χ3v) is 2.18. The van der Waals surface area contributed by atoms with E-state index in [-0.39, 0.29) is 5.82 Å². The monoisotopic (exact) mass is 217 g/mol. The van der Waals surface area contributed by atoms with Gasteiger partial charge in [0.1, 0.15) is 17.3 Å². The number of furan rings is 1. The van der Waals surface area contributed by atoms with Gasteiger partial charge in [0.05, 0.1) is 5.56 Å². The van der Waals surface area contributed by atoms with E-state index in [9.17, 15) is 4.39 Å². The van der Waals surface area contributed by atoms with Crippen molar-refractivity contribution in [2.24, 2.45) is 5.73 Å². The van der Waals surface area contributed by atoms with Gasteiger partial charge in [-0.05, 0) is 30.3 Å². The van der Waals surface area contributed by atoms with E-state index in [1.165, 1.54) is 6.07 Å². The van der Waals surface area contributed by atoms with Crippen molar-refractivity contribution in [1.29, 1.82) is 0 Å². The van der Waals surface area contributed by atoms with Gasteiger partial charge in [0.15, 0.2) is 0 Å². The lowest BCUT2D eigenvalue weighted by Gasteiger charge is -1.97. The first-order valence-electron chi connectivity index (χ1n) is 5.02. The Morgan fingerprint density at radius 3 is 2.75 bits per heavy atom. The third kappa shape index (κ3) is 2.20. The molecule has 0 bridgehead atoms. The Hall–Kier alpha value is -1.87. The second-order valence-electron chi connectivity index (χ2n) is 3.32. The van der Waals surface area contributed by atoms with Crippen LogP contribution in [0.5, 0.6) is 0 Å². The van der Waals surface area contributed by atoms with Crippen LogP contribution in [0.2, 0.25) is 0 Å². The summed E-state index contributed by atoms with van der Waals surface area (Å²) in [5, 5.41) is 0. The van der Waals surface area contributed by atoms with Crippen LogP contribution in [0, 0.1) is 5.82 Å². The van der Waals surface area contributed by atoms with Crippen molar-refractivity contribution < 1.29 is 8.81 Å². The molecule has 0 unspecified atom stereocenters. The zero-order valence-electron chi connectivity index (χ0n) is 8.69. The SMILES string of the molecule is NCC=Cc1ccc(-c2ccccc2F)o1. The van der Waals surface area contributed by atoms with Crippen LogP contribution < -0.4 is 5.73 Å². The number of halogens is 1. The molecule has 0 aliphatic rings. The molecular formula is C13H12FNO. The average Bonchev–Trinajstić information content (AvgIpc) is 2.75. The highest BCUT2D eigenvalue weighted by atomic mass is 19.1. The van der Waals surface area contributed by atoms with E-state index in [0.29, 0.717) is 23.6 Å². The largest absolute Gasteiger partial charge is 0.457 e. The minimum atomic E-state index is -0.286. The molecule has 0 saturated carbocycles. The molecule has 0 radical (unpaired) electrons. The van der Waals surface area contributed by atoms with Crippen molar-refractivity contribution in [2.75, 3.05) is 6.54 Å². The molecule has 2 nitrogen and oxygen atoms in total. The van der Waals surface area contributed by atoms with Crippen molar-refractivity contribution in [3.8, 4) is 11.3 Å². The highest BCUT2D eigenvalue weighted by molar-refractivity contribution is 5.60. The molecule has 1 aromatic heterocycles. The minimum absolute atomic E-state index is 0.286. The average molecular weight is 217 g/mol. The zero-order valence-corrected chi connectivity index (χ0v) is 8.69. The maximum Gasteiger partial charge on any atom is 0.137 e. The fourth-order valence-corrected chi connectivity index (χ4v) is 1.43. The van der Waals surface area contributed by atoms with Crippen molar-refractivity contribution in [1.82, 2.24) is 0 Å². The number of nitrogens with two attached hydrogens (primary N) is 1. The molecule has 0 aliphatic carbocycles. The molecule has 1 heterocycles. The summed E-state index contributed by atoms with van der Waals surface area (Å²) >= 11 is 0. The highest BCUT2D eigenvalue weighted by Crippen LogP contribution is 2.25. The van der Waals surface area contributed by atoms with Gasteiger partial charge in [-0.1, -0.05) is 18.2 Å². The summed E-state index contributed by atoms with van der Waals surface area (Å²) in [7, 11) is 0. The lowest BCUT2D eigenvalue weighted by molar-refractivity contribution is 0.561. The van der Waals surface area contributed by atoms with E-state index < -0.39 is 0 Å². The van der Waals surface area contributed by atoms with Gasteiger partial charge in [0.25, 0.3) is 0 Å². The Labute approximate surface area is 93.2 Å². The summed E-state index contributed by atoms with van der Waals surface area (Å²) in [6, 6.07) is 10.0. The molecule has 82 valence electrons. The zero-order chi connectivity index (χ0) is 11.4. The van der Waals surface area contributed by atoms with Gasteiger partial charge in [0.2, 0.25) is 0 Å². The summed E-state index contributed by atoms with van der Waals surface area (Å²) in [4.78, 5) is 0. The van der Waals surface area contributed by atoms with Crippen LogP contribution in [-0.2, 0) is 0 Å². The molecular weight excluding hydrogens is 205 g/mol. The summed E-state index contributed by atoms with van der Waals surface area (Å²) in [6.45, 7) is 0.454. The Morgan fingerprint density at radius 2 is 2.00 bits per heavy atom. The maximum absolute atomic E-state index is 13.4. The lowest BCUT2D eigenvalue weighted by atomic mass is 10.1. The fourth-order valence-electron chi connectivity index (χ4n) is 1.43. The molecule has 2 N–H and O–H groups in total. The minimum Gasteiger partial charge on any atom is -0.457 e. The Bertz CT molecular complexity index is 502. The van der Waals surface area contributed by atoms with Crippen LogP contribution in [0.25, 0.3) is 17.4 Å².